The SMILES string of the molecule is NNc1cccc(C(F)F)c1F. The Kier molecular flexibility index (Phi) is 2.54. The minimum atomic E-state index is -2.82. The first-order valence-electron chi connectivity index (χ1n) is 3.20. The fourth-order valence-electron chi connectivity index (χ4n) is 0.830. The second kappa shape index (κ2) is 3.44. The molecule has 1 aromatic carbocycles. The van der Waals surface area contributed by atoms with Gasteiger partial charge in [-0.2, -0.15) is 0 Å². The predicted octanol–water partition coefficient (Wildman–Crippen LogP) is 2.05. The van der Waals surface area contributed by atoms with E-state index in [0.29, 0.717) is 0 Å². The molecule has 0 saturated heterocycles. The summed E-state index contributed by atoms with van der Waals surface area (Å²) in [5, 5.41) is 0. The maximum Gasteiger partial charge on any atom is 0.266 e. The zero-order valence-electron chi connectivity index (χ0n) is 6.02. The summed E-state index contributed by atoms with van der Waals surface area (Å²) >= 11 is 0. The van der Waals surface area contributed by atoms with Crippen LogP contribution < -0.4 is 11.3 Å². The Hall–Kier alpha value is -1.23. The number of nitrogens with two attached hydrogens (primary N) is 1. The molecule has 0 unspecified atom stereocenters. The molecular formula is C7H7F3N2. The van der Waals surface area contributed by atoms with Crippen LogP contribution in [0.5, 0.6) is 0 Å². The highest BCUT2D eigenvalue weighted by molar-refractivity contribution is 5.46. The number of hydrogen-bond acceptors (Lipinski definition) is 2. The van der Waals surface area contributed by atoms with Crippen molar-refractivity contribution in [2.75, 3.05) is 5.43 Å². The third kappa shape index (κ3) is 1.50. The first-order chi connectivity index (χ1) is 5.66. The minimum Gasteiger partial charge on any atom is -0.321 e. The molecule has 3 N–H and O–H groups in total. The lowest BCUT2D eigenvalue weighted by Crippen LogP contribution is -2.09. The van der Waals surface area contributed by atoms with E-state index in [1.807, 2.05) is 5.43 Å². The Morgan fingerprint density at radius 3 is 2.50 bits per heavy atom. The number of alkyl halides is 2. The van der Waals surface area contributed by atoms with Gasteiger partial charge in [-0.05, 0) is 6.07 Å². The van der Waals surface area contributed by atoms with Gasteiger partial charge >= 0.3 is 0 Å². The van der Waals surface area contributed by atoms with Gasteiger partial charge in [0.05, 0.1) is 11.3 Å². The Morgan fingerprint density at radius 2 is 2.00 bits per heavy atom. The Balaban J connectivity index is 3.14. The Labute approximate surface area is 67.2 Å². The van der Waals surface area contributed by atoms with Crippen LogP contribution in [0.1, 0.15) is 12.0 Å². The van der Waals surface area contributed by atoms with Crippen molar-refractivity contribution in [3.05, 3.63) is 29.6 Å². The number of benzene rings is 1. The van der Waals surface area contributed by atoms with E-state index < -0.39 is 17.8 Å². The molecule has 0 fully saturated rings. The highest BCUT2D eigenvalue weighted by Crippen LogP contribution is 2.25. The largest absolute Gasteiger partial charge is 0.321 e. The summed E-state index contributed by atoms with van der Waals surface area (Å²) in [4.78, 5) is 0. The lowest BCUT2D eigenvalue weighted by molar-refractivity contribution is 0.146. The third-order valence-electron chi connectivity index (χ3n) is 1.42. The van der Waals surface area contributed by atoms with Crippen LogP contribution in [-0.4, -0.2) is 0 Å². The van der Waals surface area contributed by atoms with Crippen molar-refractivity contribution in [1.82, 2.24) is 0 Å². The molecule has 0 radical (unpaired) electrons. The van der Waals surface area contributed by atoms with Gasteiger partial charge in [0, 0.05) is 0 Å². The zero-order valence-corrected chi connectivity index (χ0v) is 6.02. The number of halogens is 3. The maximum atomic E-state index is 12.9. The zero-order chi connectivity index (χ0) is 9.14. The molecule has 1 rings (SSSR count). The van der Waals surface area contributed by atoms with Crippen molar-refractivity contribution in [2.24, 2.45) is 5.84 Å². The molecule has 0 aliphatic carbocycles. The van der Waals surface area contributed by atoms with Gasteiger partial charge in [-0.25, -0.2) is 13.2 Å². The highest BCUT2D eigenvalue weighted by Gasteiger charge is 2.14. The Bertz CT molecular complexity index is 275. The molecule has 0 saturated carbocycles. The van der Waals surface area contributed by atoms with Crippen molar-refractivity contribution in [3.8, 4) is 0 Å². The van der Waals surface area contributed by atoms with Gasteiger partial charge in [0.25, 0.3) is 6.43 Å². The topological polar surface area (TPSA) is 38.0 Å². The molecule has 5 heteroatoms. The van der Waals surface area contributed by atoms with Crippen LogP contribution >= 0.6 is 0 Å². The summed E-state index contributed by atoms with van der Waals surface area (Å²) in [6, 6.07) is 3.60. The number of nitrogen functional groups attached to an aromatic ring is 1. The molecule has 0 aliphatic rings. The quantitative estimate of drug-likeness (QED) is 0.534. The highest BCUT2D eigenvalue weighted by atomic mass is 19.3. The lowest BCUT2D eigenvalue weighted by Gasteiger charge is -2.05. The van der Waals surface area contributed by atoms with Gasteiger partial charge < -0.3 is 5.43 Å². The number of hydrogen-bond donors (Lipinski definition) is 2. The van der Waals surface area contributed by atoms with Crippen molar-refractivity contribution in [1.29, 1.82) is 0 Å². The summed E-state index contributed by atoms with van der Waals surface area (Å²) in [6.45, 7) is 0. The van der Waals surface area contributed by atoms with E-state index in [9.17, 15) is 13.2 Å². The van der Waals surface area contributed by atoms with Crippen LogP contribution in [0.15, 0.2) is 18.2 Å². The van der Waals surface area contributed by atoms with Gasteiger partial charge in [-0.1, -0.05) is 12.1 Å². The fraction of sp³-hybridized carbons (Fsp3) is 0.143. The number of anilines is 1. The normalized spacial score (nSPS) is 10.4. The fourth-order valence-corrected chi connectivity index (χ4v) is 0.830. The smallest absolute Gasteiger partial charge is 0.266 e. The molecule has 2 nitrogen and oxygen atoms in total. The third-order valence-corrected chi connectivity index (χ3v) is 1.42. The molecule has 0 amide bonds. The van der Waals surface area contributed by atoms with Crippen molar-refractivity contribution in [3.63, 3.8) is 0 Å². The molecule has 0 atom stereocenters. The molecule has 0 heterocycles. The number of hydrazine groups is 1. The van der Waals surface area contributed by atoms with Crippen LogP contribution in [0.4, 0.5) is 18.9 Å². The van der Waals surface area contributed by atoms with E-state index in [1.54, 1.807) is 0 Å². The summed E-state index contributed by atoms with van der Waals surface area (Å²) in [5.74, 6) is 3.88. The molecule has 0 aromatic heterocycles. The van der Waals surface area contributed by atoms with Gasteiger partial charge in [0.2, 0.25) is 0 Å². The van der Waals surface area contributed by atoms with Crippen LogP contribution in [-0.2, 0) is 0 Å². The molecular weight excluding hydrogens is 169 g/mol. The molecule has 66 valence electrons. The lowest BCUT2D eigenvalue weighted by atomic mass is 10.2. The summed E-state index contributed by atoms with van der Waals surface area (Å²) in [5.41, 5.74) is 1.20. The van der Waals surface area contributed by atoms with Gasteiger partial charge in [0.1, 0.15) is 0 Å². The number of nitrogens with one attached hydrogen (secondary N) is 1. The molecule has 1 aromatic rings. The van der Waals surface area contributed by atoms with E-state index in [4.69, 9.17) is 5.84 Å². The molecule has 0 aliphatic heterocycles. The van der Waals surface area contributed by atoms with Gasteiger partial charge in [-0.15, -0.1) is 0 Å². The second-order valence-corrected chi connectivity index (χ2v) is 2.15. The molecule has 12 heavy (non-hydrogen) atoms. The van der Waals surface area contributed by atoms with Crippen LogP contribution in [0.2, 0.25) is 0 Å². The minimum absolute atomic E-state index is 0.132. The Morgan fingerprint density at radius 1 is 1.33 bits per heavy atom. The molecule has 0 bridgehead atoms. The predicted molar refractivity (Wildman–Crippen MR) is 39.2 cm³/mol. The number of rotatable bonds is 2. The first kappa shape index (κ1) is 8.86. The summed E-state index contributed by atoms with van der Waals surface area (Å²) in [7, 11) is 0. The summed E-state index contributed by atoms with van der Waals surface area (Å²) < 4.78 is 37.0. The average Bonchev–Trinajstić information content (AvgIpc) is 2.04. The average molecular weight is 176 g/mol. The van der Waals surface area contributed by atoms with E-state index in [1.165, 1.54) is 12.1 Å². The van der Waals surface area contributed by atoms with Gasteiger partial charge in [0.15, 0.2) is 5.82 Å². The van der Waals surface area contributed by atoms with Gasteiger partial charge in [-0.3, -0.25) is 5.84 Å². The van der Waals surface area contributed by atoms with Crippen LogP contribution in [0.3, 0.4) is 0 Å². The van der Waals surface area contributed by atoms with E-state index in [-0.39, 0.29) is 5.69 Å². The monoisotopic (exact) mass is 176 g/mol. The van der Waals surface area contributed by atoms with Crippen LogP contribution in [0, 0.1) is 5.82 Å². The maximum absolute atomic E-state index is 12.9. The van der Waals surface area contributed by atoms with Crippen LogP contribution in [0.25, 0.3) is 0 Å². The van der Waals surface area contributed by atoms with Crippen molar-refractivity contribution < 1.29 is 13.2 Å². The van der Waals surface area contributed by atoms with E-state index >= 15 is 0 Å². The molecule has 0 spiro atoms. The van der Waals surface area contributed by atoms with E-state index in [0.717, 1.165) is 6.07 Å². The first-order valence-corrected chi connectivity index (χ1v) is 3.20. The van der Waals surface area contributed by atoms with E-state index in [2.05, 4.69) is 0 Å². The van der Waals surface area contributed by atoms with Crippen molar-refractivity contribution >= 4 is 5.69 Å². The second-order valence-electron chi connectivity index (χ2n) is 2.15. The summed E-state index contributed by atoms with van der Waals surface area (Å²) in [6.07, 6.45) is -2.82. The standard InChI is InChI=1S/C7H7F3N2/c8-6-4(7(9)10)2-1-3-5(6)12-11/h1-3,7,12H,11H2. The van der Waals surface area contributed by atoms with Crippen molar-refractivity contribution in [2.45, 2.75) is 6.43 Å².